The predicted octanol–water partition coefficient (Wildman–Crippen LogP) is 3.37. The van der Waals surface area contributed by atoms with Gasteiger partial charge >= 0.3 is 0 Å². The van der Waals surface area contributed by atoms with Crippen LogP contribution in [0.1, 0.15) is 45.1 Å². The SMILES string of the molecule is CC(C)(C)N1CCC(c2cccc(O)c2)CC1. The van der Waals surface area contributed by atoms with Crippen molar-refractivity contribution in [1.29, 1.82) is 0 Å². The Morgan fingerprint density at radius 2 is 1.82 bits per heavy atom. The first-order chi connectivity index (χ1) is 7.97. The minimum Gasteiger partial charge on any atom is -0.508 e. The van der Waals surface area contributed by atoms with Gasteiger partial charge in [-0.1, -0.05) is 12.1 Å². The van der Waals surface area contributed by atoms with Crippen molar-refractivity contribution in [3.8, 4) is 5.75 Å². The third-order valence-electron chi connectivity index (χ3n) is 3.79. The van der Waals surface area contributed by atoms with Gasteiger partial charge in [0.15, 0.2) is 0 Å². The van der Waals surface area contributed by atoms with Gasteiger partial charge in [0.2, 0.25) is 0 Å². The smallest absolute Gasteiger partial charge is 0.115 e. The number of aromatic hydroxyl groups is 1. The summed E-state index contributed by atoms with van der Waals surface area (Å²) in [7, 11) is 0. The van der Waals surface area contributed by atoms with Gasteiger partial charge in [0.25, 0.3) is 0 Å². The molecule has 0 aromatic heterocycles. The second-order valence-electron chi connectivity index (χ2n) is 6.03. The van der Waals surface area contributed by atoms with E-state index in [0.29, 0.717) is 11.7 Å². The Kier molecular flexibility index (Phi) is 3.43. The fourth-order valence-corrected chi connectivity index (χ4v) is 2.66. The first-order valence-corrected chi connectivity index (χ1v) is 6.51. The van der Waals surface area contributed by atoms with Crippen LogP contribution in [0.4, 0.5) is 0 Å². The molecule has 0 unspecified atom stereocenters. The molecule has 1 fully saturated rings. The summed E-state index contributed by atoms with van der Waals surface area (Å²) >= 11 is 0. The summed E-state index contributed by atoms with van der Waals surface area (Å²) in [5.41, 5.74) is 1.57. The lowest BCUT2D eigenvalue weighted by atomic mass is 9.87. The highest BCUT2D eigenvalue weighted by molar-refractivity contribution is 5.30. The van der Waals surface area contributed by atoms with E-state index in [4.69, 9.17) is 0 Å². The monoisotopic (exact) mass is 233 g/mol. The second kappa shape index (κ2) is 4.69. The number of rotatable bonds is 1. The van der Waals surface area contributed by atoms with E-state index >= 15 is 0 Å². The van der Waals surface area contributed by atoms with Gasteiger partial charge in [0.1, 0.15) is 5.75 Å². The Bertz CT molecular complexity index is 373. The summed E-state index contributed by atoms with van der Waals surface area (Å²) in [6.45, 7) is 9.15. The molecule has 0 spiro atoms. The summed E-state index contributed by atoms with van der Waals surface area (Å²) in [6.07, 6.45) is 2.39. The van der Waals surface area contributed by atoms with Crippen molar-refractivity contribution in [2.75, 3.05) is 13.1 Å². The van der Waals surface area contributed by atoms with Crippen molar-refractivity contribution in [1.82, 2.24) is 4.90 Å². The van der Waals surface area contributed by atoms with Crippen molar-refractivity contribution in [2.24, 2.45) is 0 Å². The zero-order valence-corrected chi connectivity index (χ0v) is 11.1. The molecule has 1 N–H and O–H groups in total. The molecule has 1 aliphatic heterocycles. The van der Waals surface area contributed by atoms with E-state index in [-0.39, 0.29) is 5.54 Å². The Hall–Kier alpha value is -1.02. The van der Waals surface area contributed by atoms with Crippen LogP contribution < -0.4 is 0 Å². The maximum Gasteiger partial charge on any atom is 0.115 e. The summed E-state index contributed by atoms with van der Waals surface area (Å²) in [6, 6.07) is 7.74. The molecule has 2 nitrogen and oxygen atoms in total. The lowest BCUT2D eigenvalue weighted by Gasteiger charge is -2.41. The molecule has 0 atom stereocenters. The van der Waals surface area contributed by atoms with Crippen LogP contribution >= 0.6 is 0 Å². The van der Waals surface area contributed by atoms with E-state index < -0.39 is 0 Å². The molecule has 0 bridgehead atoms. The first-order valence-electron chi connectivity index (χ1n) is 6.51. The molecule has 1 heterocycles. The lowest BCUT2D eigenvalue weighted by molar-refractivity contribution is 0.102. The normalized spacial score (nSPS) is 19.5. The molecule has 0 radical (unpaired) electrons. The van der Waals surface area contributed by atoms with E-state index in [1.165, 1.54) is 18.4 Å². The topological polar surface area (TPSA) is 23.5 Å². The van der Waals surface area contributed by atoms with Crippen LogP contribution in [-0.2, 0) is 0 Å². The highest BCUT2D eigenvalue weighted by Crippen LogP contribution is 2.32. The molecule has 0 aliphatic carbocycles. The number of hydrogen-bond acceptors (Lipinski definition) is 2. The Balaban J connectivity index is 2.00. The van der Waals surface area contributed by atoms with Crippen molar-refractivity contribution in [3.63, 3.8) is 0 Å². The summed E-state index contributed by atoms with van der Waals surface area (Å²) in [5.74, 6) is 1.00. The van der Waals surface area contributed by atoms with E-state index in [9.17, 15) is 5.11 Å². The second-order valence-corrected chi connectivity index (χ2v) is 6.03. The highest BCUT2D eigenvalue weighted by atomic mass is 16.3. The van der Waals surface area contributed by atoms with E-state index in [1.807, 2.05) is 12.1 Å². The molecule has 1 saturated heterocycles. The number of phenolic OH excluding ortho intramolecular Hbond substituents is 1. The van der Waals surface area contributed by atoms with Crippen LogP contribution in [0.5, 0.6) is 5.75 Å². The van der Waals surface area contributed by atoms with Crippen molar-refractivity contribution in [2.45, 2.75) is 45.1 Å². The average Bonchev–Trinajstić information content (AvgIpc) is 2.28. The van der Waals surface area contributed by atoms with Crippen LogP contribution in [-0.4, -0.2) is 28.6 Å². The third-order valence-corrected chi connectivity index (χ3v) is 3.79. The number of piperidine rings is 1. The fourth-order valence-electron chi connectivity index (χ4n) is 2.66. The Labute approximate surface area is 104 Å². The van der Waals surface area contributed by atoms with E-state index in [0.717, 1.165) is 13.1 Å². The Morgan fingerprint density at radius 3 is 2.35 bits per heavy atom. The third kappa shape index (κ3) is 3.01. The molecule has 0 saturated carbocycles. The average molecular weight is 233 g/mol. The lowest BCUT2D eigenvalue weighted by Crippen LogP contribution is -2.45. The molecule has 1 aliphatic rings. The molecule has 1 aromatic carbocycles. The predicted molar refractivity (Wildman–Crippen MR) is 71.4 cm³/mol. The molecule has 17 heavy (non-hydrogen) atoms. The molecule has 0 amide bonds. The Morgan fingerprint density at radius 1 is 1.18 bits per heavy atom. The molecule has 2 rings (SSSR count). The van der Waals surface area contributed by atoms with Gasteiger partial charge in [0.05, 0.1) is 0 Å². The number of nitrogens with zero attached hydrogens (tertiary/aromatic N) is 1. The van der Waals surface area contributed by atoms with Crippen molar-refractivity contribution in [3.05, 3.63) is 29.8 Å². The van der Waals surface area contributed by atoms with Crippen molar-refractivity contribution >= 4 is 0 Å². The van der Waals surface area contributed by atoms with Gasteiger partial charge in [-0.2, -0.15) is 0 Å². The van der Waals surface area contributed by atoms with Gasteiger partial charge in [-0.25, -0.2) is 0 Å². The number of benzene rings is 1. The zero-order chi connectivity index (χ0) is 12.5. The summed E-state index contributed by atoms with van der Waals surface area (Å²) in [4.78, 5) is 2.55. The molecule has 94 valence electrons. The van der Waals surface area contributed by atoms with Crippen LogP contribution in [0.3, 0.4) is 0 Å². The van der Waals surface area contributed by atoms with Gasteiger partial charge in [-0.05, 0) is 70.3 Å². The fraction of sp³-hybridized carbons (Fsp3) is 0.600. The maximum atomic E-state index is 9.51. The van der Waals surface area contributed by atoms with Crippen LogP contribution in [0.15, 0.2) is 24.3 Å². The quantitative estimate of drug-likeness (QED) is 0.804. The number of hydrogen-bond donors (Lipinski definition) is 1. The number of likely N-dealkylation sites (tertiary alicyclic amines) is 1. The zero-order valence-electron chi connectivity index (χ0n) is 11.1. The molecular formula is C15H23NO. The maximum absolute atomic E-state index is 9.51. The van der Waals surface area contributed by atoms with Gasteiger partial charge in [-0.3, -0.25) is 4.90 Å². The number of phenols is 1. The summed E-state index contributed by atoms with van der Waals surface area (Å²) in [5, 5.41) is 9.51. The molecule has 2 heteroatoms. The largest absolute Gasteiger partial charge is 0.508 e. The van der Waals surface area contributed by atoms with E-state index in [1.54, 1.807) is 6.07 Å². The van der Waals surface area contributed by atoms with Crippen molar-refractivity contribution < 1.29 is 5.11 Å². The van der Waals surface area contributed by atoms with Crippen LogP contribution in [0.25, 0.3) is 0 Å². The van der Waals surface area contributed by atoms with Gasteiger partial charge in [-0.15, -0.1) is 0 Å². The first kappa shape index (κ1) is 12.4. The molecule has 1 aromatic rings. The minimum absolute atomic E-state index is 0.282. The highest BCUT2D eigenvalue weighted by Gasteiger charge is 2.27. The minimum atomic E-state index is 0.282. The van der Waals surface area contributed by atoms with Gasteiger partial charge < -0.3 is 5.11 Å². The van der Waals surface area contributed by atoms with Crippen LogP contribution in [0.2, 0.25) is 0 Å². The molecular weight excluding hydrogens is 210 g/mol. The summed E-state index contributed by atoms with van der Waals surface area (Å²) < 4.78 is 0. The standard InChI is InChI=1S/C15H23NO/c1-15(2,3)16-9-7-12(8-10-16)13-5-4-6-14(17)11-13/h4-6,11-12,17H,7-10H2,1-3H3. The van der Waals surface area contributed by atoms with E-state index in [2.05, 4.69) is 31.7 Å². The van der Waals surface area contributed by atoms with Gasteiger partial charge in [0, 0.05) is 5.54 Å². The van der Waals surface area contributed by atoms with Crippen LogP contribution in [0, 0.1) is 0 Å².